The molecule has 0 saturated heterocycles. The Balaban J connectivity index is 1.68. The van der Waals surface area contributed by atoms with Gasteiger partial charge in [-0.05, 0) is 60.9 Å². The summed E-state index contributed by atoms with van der Waals surface area (Å²) in [7, 11) is 0. The molecule has 0 aliphatic heterocycles. The second-order valence-electron chi connectivity index (χ2n) is 6.96. The maximum absolute atomic E-state index is 14.6. The molecule has 0 aliphatic rings. The summed E-state index contributed by atoms with van der Waals surface area (Å²) in [6, 6.07) is 6.98. The van der Waals surface area contributed by atoms with Crippen LogP contribution in [0.25, 0.3) is 5.69 Å². The van der Waals surface area contributed by atoms with E-state index in [1.54, 1.807) is 41.3 Å². The summed E-state index contributed by atoms with van der Waals surface area (Å²) in [5.74, 6) is 0.973. The van der Waals surface area contributed by atoms with Crippen LogP contribution in [0, 0.1) is 12.7 Å². The molecule has 3 rings (SSSR count). The summed E-state index contributed by atoms with van der Waals surface area (Å²) < 4.78 is 16.3. The molecule has 8 heteroatoms. The van der Waals surface area contributed by atoms with Crippen LogP contribution in [0.3, 0.4) is 0 Å². The maximum atomic E-state index is 14.6. The number of guanidine groups is 1. The Labute approximate surface area is 174 Å². The van der Waals surface area contributed by atoms with E-state index in [1.165, 1.54) is 6.07 Å². The highest BCUT2D eigenvalue weighted by molar-refractivity contribution is 7.08. The first-order valence-corrected chi connectivity index (χ1v) is 10.4. The SMILES string of the molecule is CCNC(=NCc1ccc(-n2ccnc2C)c(F)c1)NCC(C)(O)c1ccsc1. The number of aromatic nitrogens is 2. The number of nitrogens with one attached hydrogen (secondary N) is 2. The van der Waals surface area contributed by atoms with Gasteiger partial charge in [0.05, 0.1) is 18.8 Å². The molecule has 3 aromatic rings. The van der Waals surface area contributed by atoms with Crippen molar-refractivity contribution in [3.63, 3.8) is 0 Å². The van der Waals surface area contributed by atoms with E-state index >= 15 is 0 Å². The Morgan fingerprint density at radius 3 is 2.79 bits per heavy atom. The Bertz CT molecular complexity index is 965. The zero-order valence-corrected chi connectivity index (χ0v) is 17.6. The molecule has 0 bridgehead atoms. The molecule has 154 valence electrons. The molecule has 0 radical (unpaired) electrons. The lowest BCUT2D eigenvalue weighted by Crippen LogP contribution is -2.44. The van der Waals surface area contributed by atoms with Gasteiger partial charge in [-0.25, -0.2) is 14.4 Å². The van der Waals surface area contributed by atoms with Gasteiger partial charge in [0.2, 0.25) is 0 Å². The van der Waals surface area contributed by atoms with Crippen LogP contribution in [0.5, 0.6) is 0 Å². The third-order valence-electron chi connectivity index (χ3n) is 4.60. The molecule has 29 heavy (non-hydrogen) atoms. The van der Waals surface area contributed by atoms with Crippen molar-refractivity contribution in [2.24, 2.45) is 4.99 Å². The van der Waals surface area contributed by atoms with Crippen molar-refractivity contribution in [3.8, 4) is 5.69 Å². The van der Waals surface area contributed by atoms with E-state index in [2.05, 4.69) is 20.6 Å². The van der Waals surface area contributed by atoms with Gasteiger partial charge in [0, 0.05) is 18.9 Å². The number of imidazole rings is 1. The number of benzene rings is 1. The minimum absolute atomic E-state index is 0.308. The van der Waals surface area contributed by atoms with E-state index in [0.717, 1.165) is 17.0 Å². The first-order valence-electron chi connectivity index (χ1n) is 9.46. The third-order valence-corrected chi connectivity index (χ3v) is 5.29. The lowest BCUT2D eigenvalue weighted by atomic mass is 9.99. The largest absolute Gasteiger partial charge is 0.384 e. The van der Waals surface area contributed by atoms with Crippen molar-refractivity contribution in [3.05, 3.63) is 70.2 Å². The predicted octanol–water partition coefficient (Wildman–Crippen LogP) is 3.34. The van der Waals surface area contributed by atoms with Crippen LogP contribution in [-0.4, -0.2) is 33.7 Å². The average molecular weight is 416 g/mol. The van der Waals surface area contributed by atoms with Crippen molar-refractivity contribution >= 4 is 17.3 Å². The molecular weight excluding hydrogens is 389 g/mol. The molecule has 0 amide bonds. The number of aliphatic imine (C=N–C) groups is 1. The molecule has 6 nitrogen and oxygen atoms in total. The van der Waals surface area contributed by atoms with Crippen molar-refractivity contribution < 1.29 is 9.50 Å². The van der Waals surface area contributed by atoms with E-state index in [1.807, 2.05) is 36.7 Å². The van der Waals surface area contributed by atoms with E-state index in [0.29, 0.717) is 31.3 Å². The number of rotatable bonds is 7. The molecule has 1 atom stereocenters. The second-order valence-corrected chi connectivity index (χ2v) is 7.74. The van der Waals surface area contributed by atoms with Crippen LogP contribution in [0.15, 0.2) is 52.4 Å². The number of nitrogens with zero attached hydrogens (tertiary/aromatic N) is 3. The van der Waals surface area contributed by atoms with Gasteiger partial charge in [0.15, 0.2) is 5.96 Å². The van der Waals surface area contributed by atoms with Gasteiger partial charge in [0.1, 0.15) is 17.2 Å². The summed E-state index contributed by atoms with van der Waals surface area (Å²) in [4.78, 5) is 8.65. The predicted molar refractivity (Wildman–Crippen MR) is 115 cm³/mol. The smallest absolute Gasteiger partial charge is 0.191 e. The quantitative estimate of drug-likeness (QED) is 0.409. The van der Waals surface area contributed by atoms with Gasteiger partial charge >= 0.3 is 0 Å². The zero-order chi connectivity index (χ0) is 20.9. The summed E-state index contributed by atoms with van der Waals surface area (Å²) >= 11 is 1.55. The second kappa shape index (κ2) is 9.19. The van der Waals surface area contributed by atoms with Crippen LogP contribution in [0.1, 0.15) is 30.8 Å². The summed E-state index contributed by atoms with van der Waals surface area (Å²) in [5.41, 5.74) is 1.07. The van der Waals surface area contributed by atoms with Crippen molar-refractivity contribution in [2.75, 3.05) is 13.1 Å². The Morgan fingerprint density at radius 1 is 1.34 bits per heavy atom. The Morgan fingerprint density at radius 2 is 2.17 bits per heavy atom. The average Bonchev–Trinajstić information content (AvgIpc) is 3.37. The van der Waals surface area contributed by atoms with E-state index < -0.39 is 5.60 Å². The number of halogens is 1. The molecule has 1 unspecified atom stereocenters. The fourth-order valence-corrected chi connectivity index (χ4v) is 3.70. The molecule has 0 aliphatic carbocycles. The molecular formula is C21H26FN5OS. The van der Waals surface area contributed by atoms with E-state index in [-0.39, 0.29) is 5.82 Å². The highest BCUT2D eigenvalue weighted by atomic mass is 32.1. The van der Waals surface area contributed by atoms with Crippen LogP contribution >= 0.6 is 11.3 Å². The fourth-order valence-electron chi connectivity index (χ4n) is 2.92. The molecule has 2 heterocycles. The summed E-state index contributed by atoms with van der Waals surface area (Å²) in [6.07, 6.45) is 3.38. The lowest BCUT2D eigenvalue weighted by Gasteiger charge is -2.24. The van der Waals surface area contributed by atoms with Gasteiger partial charge < -0.3 is 20.3 Å². The van der Waals surface area contributed by atoms with Gasteiger partial charge in [-0.15, -0.1) is 0 Å². The first-order chi connectivity index (χ1) is 13.9. The molecule has 3 N–H and O–H groups in total. The number of hydrogen-bond acceptors (Lipinski definition) is 4. The van der Waals surface area contributed by atoms with Gasteiger partial charge in [-0.2, -0.15) is 11.3 Å². The normalized spacial score (nSPS) is 13.9. The Kier molecular flexibility index (Phi) is 6.66. The molecule has 0 spiro atoms. The van der Waals surface area contributed by atoms with Crippen LogP contribution in [-0.2, 0) is 12.1 Å². The zero-order valence-electron chi connectivity index (χ0n) is 16.8. The highest BCUT2D eigenvalue weighted by Crippen LogP contribution is 2.22. The summed E-state index contributed by atoms with van der Waals surface area (Å²) in [5, 5.41) is 20.8. The van der Waals surface area contributed by atoms with Crippen molar-refractivity contribution in [1.29, 1.82) is 0 Å². The Hall–Kier alpha value is -2.71. The van der Waals surface area contributed by atoms with Gasteiger partial charge in [-0.3, -0.25) is 0 Å². The maximum Gasteiger partial charge on any atom is 0.191 e. The molecule has 2 aromatic heterocycles. The lowest BCUT2D eigenvalue weighted by molar-refractivity contribution is 0.0621. The molecule has 0 fully saturated rings. The van der Waals surface area contributed by atoms with Crippen LogP contribution in [0.4, 0.5) is 4.39 Å². The summed E-state index contributed by atoms with van der Waals surface area (Å²) in [6.45, 7) is 6.86. The topological polar surface area (TPSA) is 74.5 Å². The van der Waals surface area contributed by atoms with Crippen LogP contribution < -0.4 is 10.6 Å². The van der Waals surface area contributed by atoms with E-state index in [4.69, 9.17) is 0 Å². The standard InChI is InChI=1S/C21H26FN5OS/c1-4-23-20(26-14-21(3,28)17-7-10-29-13-17)25-12-16-5-6-19(18(22)11-16)27-9-8-24-15(27)2/h5-11,13,28H,4,12,14H2,1-3H3,(H2,23,25,26). The van der Waals surface area contributed by atoms with Gasteiger partial charge in [-0.1, -0.05) is 6.07 Å². The van der Waals surface area contributed by atoms with E-state index in [9.17, 15) is 9.50 Å². The van der Waals surface area contributed by atoms with Crippen molar-refractivity contribution in [2.45, 2.75) is 32.9 Å². The van der Waals surface area contributed by atoms with Crippen molar-refractivity contribution in [1.82, 2.24) is 20.2 Å². The first kappa shape index (κ1) is 21.0. The third kappa shape index (κ3) is 5.21. The minimum Gasteiger partial charge on any atom is -0.384 e. The number of hydrogen-bond donors (Lipinski definition) is 3. The monoisotopic (exact) mass is 415 g/mol. The molecule has 0 saturated carbocycles. The van der Waals surface area contributed by atoms with Gasteiger partial charge in [0.25, 0.3) is 0 Å². The number of thiophene rings is 1. The number of aliphatic hydroxyl groups is 1. The fraction of sp³-hybridized carbons (Fsp3) is 0.333. The minimum atomic E-state index is -1.01. The molecule has 1 aromatic carbocycles. The van der Waals surface area contributed by atoms with Crippen LogP contribution in [0.2, 0.25) is 0 Å². The number of aryl methyl sites for hydroxylation is 1. The highest BCUT2D eigenvalue weighted by Gasteiger charge is 2.23.